The van der Waals surface area contributed by atoms with Gasteiger partial charge >= 0.3 is 18.1 Å². The number of aromatic nitrogens is 4. The molecule has 9 nitrogen and oxygen atoms in total. The number of hydrogen-bond donors (Lipinski definition) is 0. The van der Waals surface area contributed by atoms with Crippen LogP contribution < -0.4 is 0 Å². The van der Waals surface area contributed by atoms with Crippen LogP contribution in [0.5, 0.6) is 0 Å². The number of nitrogens with zero attached hydrogens (tertiary/aromatic N) is 6. The second kappa shape index (κ2) is 12.8. The summed E-state index contributed by atoms with van der Waals surface area (Å²) >= 11 is 12.5. The lowest BCUT2D eigenvalue weighted by atomic mass is 9.84. The molecule has 1 saturated heterocycles. The van der Waals surface area contributed by atoms with Crippen molar-refractivity contribution in [1.82, 2.24) is 24.6 Å². The highest BCUT2D eigenvalue weighted by Crippen LogP contribution is 2.37. The number of carbonyl (C=O) groups is 2. The van der Waals surface area contributed by atoms with Gasteiger partial charge in [0.15, 0.2) is 11.3 Å². The molecule has 1 fully saturated rings. The predicted octanol–water partition coefficient (Wildman–Crippen LogP) is 6.67. The fourth-order valence-electron chi connectivity index (χ4n) is 6.24. The van der Waals surface area contributed by atoms with Gasteiger partial charge in [-0.2, -0.15) is 23.5 Å². The van der Waals surface area contributed by atoms with Crippen molar-refractivity contribution in [2.75, 3.05) is 6.54 Å². The second-order valence-corrected chi connectivity index (χ2v) is 12.0. The summed E-state index contributed by atoms with van der Waals surface area (Å²) < 4.78 is 42.9. The number of alkyl halides is 3. The van der Waals surface area contributed by atoms with Crippen LogP contribution in [0.1, 0.15) is 75.4 Å². The van der Waals surface area contributed by atoms with Crippen molar-refractivity contribution in [3.05, 3.63) is 57.5 Å². The van der Waals surface area contributed by atoms with E-state index >= 15 is 0 Å². The molecular formula is C30H29Cl2F3N6O3. The van der Waals surface area contributed by atoms with Crippen molar-refractivity contribution >= 4 is 51.9 Å². The molecule has 14 heteroatoms. The monoisotopic (exact) mass is 648 g/mol. The molecule has 3 heterocycles. The van der Waals surface area contributed by atoms with Crippen LogP contribution in [0.3, 0.4) is 0 Å². The Morgan fingerprint density at radius 2 is 2.02 bits per heavy atom. The predicted molar refractivity (Wildman–Crippen MR) is 157 cm³/mol. The number of rotatable bonds is 7. The standard InChI is InChI=1S/C30H29Cl2F3N6O3/c1-16-12-18(5-9-25(16)40-11-3-4-20(40)7-10-26(42)44-29(43)30(33,34)35)24-15-37-27-23(14-36)39-41(28(27)38-24)17(2)21-8-6-19(31)13-22(21)32/h6,8,12-13,15-17,20,25H,3-5,7,9-11H2,1-2H3/t16?,17-,20+,25?/m1/s1. The molecule has 1 aromatic carbocycles. The van der Waals surface area contributed by atoms with Gasteiger partial charge in [-0.3, -0.25) is 9.69 Å². The molecule has 5 rings (SSSR count). The number of likely N-dealkylation sites (tertiary alicyclic amines) is 1. The molecule has 2 unspecified atom stereocenters. The van der Waals surface area contributed by atoms with E-state index in [1.807, 2.05) is 13.0 Å². The SMILES string of the molecule is CC1C=C(c2cnc3c(C#N)nn([C@H](C)c4ccc(Cl)cc4Cl)c3n2)CCC1N1CCC[C@H]1CCC(=O)OC(=O)C(F)(F)F. The van der Waals surface area contributed by atoms with Crippen molar-refractivity contribution in [2.24, 2.45) is 5.92 Å². The molecule has 4 atom stereocenters. The van der Waals surface area contributed by atoms with E-state index < -0.39 is 18.1 Å². The summed E-state index contributed by atoms with van der Waals surface area (Å²) in [5, 5.41) is 15.2. The Balaban J connectivity index is 1.33. The normalized spacial score (nSPS) is 21.6. The molecule has 0 bridgehead atoms. The first kappa shape index (κ1) is 31.9. The minimum atomic E-state index is -5.20. The molecule has 0 spiro atoms. The highest BCUT2D eigenvalue weighted by molar-refractivity contribution is 6.35. The first-order valence-electron chi connectivity index (χ1n) is 14.3. The Morgan fingerprint density at radius 1 is 1.25 bits per heavy atom. The van der Waals surface area contributed by atoms with Crippen LogP contribution in [0.4, 0.5) is 13.2 Å². The smallest absolute Gasteiger partial charge is 0.386 e. The van der Waals surface area contributed by atoms with E-state index in [-0.39, 0.29) is 36.2 Å². The summed E-state index contributed by atoms with van der Waals surface area (Å²) in [5.41, 5.74) is 3.48. The quantitative estimate of drug-likeness (QED) is 0.206. The van der Waals surface area contributed by atoms with E-state index in [1.165, 1.54) is 0 Å². The minimum absolute atomic E-state index is 0.00186. The lowest BCUT2D eigenvalue weighted by molar-refractivity contribution is -0.201. The molecule has 2 aromatic heterocycles. The lowest BCUT2D eigenvalue weighted by Gasteiger charge is -2.38. The number of esters is 2. The largest absolute Gasteiger partial charge is 0.491 e. The number of allylic oxidation sites excluding steroid dienone is 1. The first-order valence-corrected chi connectivity index (χ1v) is 15.0. The molecule has 232 valence electrons. The Hall–Kier alpha value is -3.53. The third kappa shape index (κ3) is 6.60. The van der Waals surface area contributed by atoms with Crippen LogP contribution in [0, 0.1) is 17.2 Å². The minimum Gasteiger partial charge on any atom is -0.386 e. The van der Waals surface area contributed by atoms with Gasteiger partial charge in [-0.1, -0.05) is 42.3 Å². The van der Waals surface area contributed by atoms with E-state index in [2.05, 4.69) is 38.8 Å². The zero-order valence-corrected chi connectivity index (χ0v) is 25.5. The van der Waals surface area contributed by atoms with Gasteiger partial charge in [-0.05, 0) is 74.8 Å². The number of nitriles is 1. The van der Waals surface area contributed by atoms with Crippen molar-refractivity contribution in [3.8, 4) is 6.07 Å². The molecule has 1 aliphatic carbocycles. The zero-order chi connectivity index (χ0) is 31.8. The topological polar surface area (TPSA) is 114 Å². The van der Waals surface area contributed by atoms with E-state index in [9.17, 15) is 28.0 Å². The van der Waals surface area contributed by atoms with E-state index in [1.54, 1.807) is 23.0 Å². The molecular weight excluding hydrogens is 620 g/mol. The second-order valence-electron chi connectivity index (χ2n) is 11.2. The van der Waals surface area contributed by atoms with Gasteiger partial charge in [0.2, 0.25) is 0 Å². The average molecular weight is 650 g/mol. The molecule has 0 N–H and O–H groups in total. The maximum atomic E-state index is 12.4. The Labute approximate surface area is 261 Å². The van der Waals surface area contributed by atoms with Gasteiger partial charge in [-0.25, -0.2) is 19.4 Å². The van der Waals surface area contributed by atoms with Crippen molar-refractivity contribution in [1.29, 1.82) is 5.26 Å². The first-order chi connectivity index (χ1) is 20.9. The van der Waals surface area contributed by atoms with E-state index in [4.69, 9.17) is 28.2 Å². The third-order valence-electron chi connectivity index (χ3n) is 8.37. The number of benzene rings is 1. The third-order valence-corrected chi connectivity index (χ3v) is 8.93. The summed E-state index contributed by atoms with van der Waals surface area (Å²) in [7, 11) is 0. The van der Waals surface area contributed by atoms with Crippen molar-refractivity contribution in [2.45, 2.75) is 76.7 Å². The van der Waals surface area contributed by atoms with Gasteiger partial charge in [0, 0.05) is 28.5 Å². The maximum absolute atomic E-state index is 12.4. The summed E-state index contributed by atoms with van der Waals surface area (Å²) in [4.78, 5) is 34.6. The van der Waals surface area contributed by atoms with Crippen LogP contribution in [0.2, 0.25) is 10.0 Å². The fourth-order valence-corrected chi connectivity index (χ4v) is 6.81. The summed E-state index contributed by atoms with van der Waals surface area (Å²) in [6.45, 7) is 4.82. The van der Waals surface area contributed by atoms with Crippen molar-refractivity contribution < 1.29 is 27.5 Å². The maximum Gasteiger partial charge on any atom is 0.491 e. The number of ether oxygens (including phenoxy) is 1. The van der Waals surface area contributed by atoms with Crippen LogP contribution in [-0.4, -0.2) is 61.4 Å². The molecule has 3 aromatic rings. The zero-order valence-electron chi connectivity index (χ0n) is 23.9. The Bertz CT molecular complexity index is 1670. The van der Waals surface area contributed by atoms with Gasteiger partial charge in [0.05, 0.1) is 17.9 Å². The van der Waals surface area contributed by atoms with Gasteiger partial charge < -0.3 is 4.74 Å². The Morgan fingerprint density at radius 3 is 2.70 bits per heavy atom. The highest BCUT2D eigenvalue weighted by atomic mass is 35.5. The molecule has 0 saturated carbocycles. The summed E-state index contributed by atoms with van der Waals surface area (Å²) in [6.07, 6.45) is 1.88. The molecule has 44 heavy (non-hydrogen) atoms. The van der Waals surface area contributed by atoms with E-state index in [0.717, 1.165) is 36.9 Å². The van der Waals surface area contributed by atoms with Gasteiger partial charge in [0.1, 0.15) is 11.6 Å². The number of fused-ring (bicyclic) bond motifs is 1. The van der Waals surface area contributed by atoms with Crippen LogP contribution in [0.15, 0.2) is 30.5 Å². The number of carbonyl (C=O) groups excluding carboxylic acids is 2. The van der Waals surface area contributed by atoms with Crippen LogP contribution in [0.25, 0.3) is 16.7 Å². The van der Waals surface area contributed by atoms with Crippen LogP contribution in [-0.2, 0) is 14.3 Å². The molecule has 0 amide bonds. The molecule has 0 radical (unpaired) electrons. The molecule has 2 aliphatic rings. The lowest BCUT2D eigenvalue weighted by Crippen LogP contribution is -2.44. The highest BCUT2D eigenvalue weighted by Gasteiger charge is 2.42. The fraction of sp³-hybridized carbons (Fsp3) is 0.467. The number of hydrogen-bond acceptors (Lipinski definition) is 8. The van der Waals surface area contributed by atoms with Gasteiger partial charge in [-0.15, -0.1) is 0 Å². The summed E-state index contributed by atoms with van der Waals surface area (Å²) in [5.74, 6) is -3.54. The van der Waals surface area contributed by atoms with Crippen molar-refractivity contribution in [3.63, 3.8) is 0 Å². The van der Waals surface area contributed by atoms with Gasteiger partial charge in [0.25, 0.3) is 0 Å². The number of halogens is 5. The van der Waals surface area contributed by atoms with Crippen LogP contribution >= 0.6 is 23.2 Å². The van der Waals surface area contributed by atoms with E-state index in [0.29, 0.717) is 39.7 Å². The summed E-state index contributed by atoms with van der Waals surface area (Å²) in [6, 6.07) is 7.12. The Kier molecular flexibility index (Phi) is 9.30. The average Bonchev–Trinajstić information content (AvgIpc) is 3.59. The molecule has 1 aliphatic heterocycles.